The van der Waals surface area contributed by atoms with E-state index in [4.69, 9.17) is 0 Å². The summed E-state index contributed by atoms with van der Waals surface area (Å²) in [5.41, 5.74) is -1.45. The number of esters is 1. The standard InChI is InChI=1S/C9H8BrF2NO3/c1-16-9(15)4-2-6(14)13-7(8(11)12)5(4)3-10/h2,8H,3H2,1H3,(H,13,14). The molecule has 0 bridgehead atoms. The van der Waals surface area contributed by atoms with Gasteiger partial charge in [-0.2, -0.15) is 0 Å². The summed E-state index contributed by atoms with van der Waals surface area (Å²) in [5.74, 6) is -0.817. The largest absolute Gasteiger partial charge is 0.465 e. The molecular formula is C9H8BrF2NO3. The molecule has 0 unspecified atom stereocenters. The third kappa shape index (κ3) is 2.46. The molecule has 0 spiro atoms. The summed E-state index contributed by atoms with van der Waals surface area (Å²) in [6.45, 7) is 0. The van der Waals surface area contributed by atoms with E-state index in [0.29, 0.717) is 0 Å². The number of ether oxygens (including phenoxy) is 1. The van der Waals surface area contributed by atoms with E-state index in [2.05, 4.69) is 20.7 Å². The summed E-state index contributed by atoms with van der Waals surface area (Å²) < 4.78 is 29.6. The molecule has 4 nitrogen and oxygen atoms in total. The van der Waals surface area contributed by atoms with Gasteiger partial charge in [0.25, 0.3) is 6.43 Å². The summed E-state index contributed by atoms with van der Waals surface area (Å²) >= 11 is 2.99. The fourth-order valence-electron chi connectivity index (χ4n) is 1.23. The van der Waals surface area contributed by atoms with Crippen LogP contribution in [0.2, 0.25) is 0 Å². The highest BCUT2D eigenvalue weighted by molar-refractivity contribution is 9.08. The van der Waals surface area contributed by atoms with Crippen LogP contribution in [0.5, 0.6) is 0 Å². The fraction of sp³-hybridized carbons (Fsp3) is 0.333. The van der Waals surface area contributed by atoms with E-state index in [0.717, 1.165) is 13.2 Å². The predicted molar refractivity (Wildman–Crippen MR) is 56.0 cm³/mol. The SMILES string of the molecule is COC(=O)c1cc(=O)[nH]c(C(F)F)c1CBr. The minimum absolute atomic E-state index is 0.0217. The number of H-pyrrole nitrogens is 1. The average Bonchev–Trinajstić information content (AvgIpc) is 2.26. The number of pyridine rings is 1. The Kier molecular flexibility index (Phi) is 4.17. The Morgan fingerprint density at radius 2 is 2.25 bits per heavy atom. The van der Waals surface area contributed by atoms with Gasteiger partial charge in [-0.05, 0) is 0 Å². The van der Waals surface area contributed by atoms with Crippen LogP contribution in [-0.2, 0) is 10.1 Å². The number of aromatic nitrogens is 1. The highest BCUT2D eigenvalue weighted by Gasteiger charge is 2.21. The minimum Gasteiger partial charge on any atom is -0.465 e. The number of rotatable bonds is 3. The van der Waals surface area contributed by atoms with E-state index in [1.807, 2.05) is 4.98 Å². The van der Waals surface area contributed by atoms with E-state index >= 15 is 0 Å². The van der Waals surface area contributed by atoms with Gasteiger partial charge in [0.05, 0.1) is 18.4 Å². The summed E-state index contributed by atoms with van der Waals surface area (Å²) in [7, 11) is 1.11. The van der Waals surface area contributed by atoms with Gasteiger partial charge in [-0.1, -0.05) is 15.9 Å². The monoisotopic (exact) mass is 295 g/mol. The second-order valence-electron chi connectivity index (χ2n) is 2.87. The van der Waals surface area contributed by atoms with Gasteiger partial charge in [0, 0.05) is 17.0 Å². The molecule has 0 aromatic carbocycles. The van der Waals surface area contributed by atoms with E-state index in [9.17, 15) is 18.4 Å². The quantitative estimate of drug-likeness (QED) is 0.685. The summed E-state index contributed by atoms with van der Waals surface area (Å²) in [6.07, 6.45) is -2.86. The smallest absolute Gasteiger partial charge is 0.338 e. The van der Waals surface area contributed by atoms with Crippen LogP contribution < -0.4 is 5.56 Å². The van der Waals surface area contributed by atoms with Crippen LogP contribution in [-0.4, -0.2) is 18.1 Å². The van der Waals surface area contributed by atoms with Crippen molar-refractivity contribution in [2.24, 2.45) is 0 Å². The first kappa shape index (κ1) is 12.8. The molecule has 0 aliphatic carbocycles. The van der Waals surface area contributed by atoms with E-state index in [-0.39, 0.29) is 16.5 Å². The Morgan fingerprint density at radius 1 is 1.62 bits per heavy atom. The number of nitrogens with one attached hydrogen (secondary N) is 1. The van der Waals surface area contributed by atoms with Gasteiger partial charge in [-0.15, -0.1) is 0 Å². The zero-order chi connectivity index (χ0) is 12.3. The Bertz CT molecular complexity index is 459. The van der Waals surface area contributed by atoms with Gasteiger partial charge in [0.1, 0.15) is 0 Å². The molecule has 0 saturated heterocycles. The van der Waals surface area contributed by atoms with Crippen LogP contribution in [0, 0.1) is 0 Å². The molecule has 0 saturated carbocycles. The van der Waals surface area contributed by atoms with E-state index < -0.39 is 23.6 Å². The van der Waals surface area contributed by atoms with Gasteiger partial charge in [-0.25, -0.2) is 13.6 Å². The molecule has 0 atom stereocenters. The van der Waals surface area contributed by atoms with Gasteiger partial charge in [0.15, 0.2) is 0 Å². The maximum absolute atomic E-state index is 12.6. The maximum atomic E-state index is 12.6. The zero-order valence-corrected chi connectivity index (χ0v) is 9.81. The summed E-state index contributed by atoms with van der Waals surface area (Å²) in [6, 6.07) is 0.939. The second-order valence-corrected chi connectivity index (χ2v) is 3.43. The van der Waals surface area contributed by atoms with Crippen LogP contribution >= 0.6 is 15.9 Å². The van der Waals surface area contributed by atoms with Crippen molar-refractivity contribution in [2.45, 2.75) is 11.8 Å². The highest BCUT2D eigenvalue weighted by atomic mass is 79.9. The first-order chi connectivity index (χ1) is 7.51. The number of halogens is 3. The van der Waals surface area contributed by atoms with Gasteiger partial charge < -0.3 is 9.72 Å². The molecule has 0 amide bonds. The third-order valence-corrected chi connectivity index (χ3v) is 2.50. The number of carbonyl (C=O) groups excluding carboxylic acids is 1. The highest BCUT2D eigenvalue weighted by Crippen LogP contribution is 2.24. The second kappa shape index (κ2) is 5.20. The number of methoxy groups -OCH3 is 1. The summed E-state index contributed by atoms with van der Waals surface area (Å²) in [4.78, 5) is 24.4. The van der Waals surface area contributed by atoms with Crippen molar-refractivity contribution in [3.63, 3.8) is 0 Å². The molecule has 1 aromatic heterocycles. The number of hydrogen-bond acceptors (Lipinski definition) is 3. The Balaban J connectivity index is 3.48. The first-order valence-electron chi connectivity index (χ1n) is 4.19. The van der Waals surface area contributed by atoms with Crippen LogP contribution in [0.25, 0.3) is 0 Å². The zero-order valence-electron chi connectivity index (χ0n) is 8.22. The molecule has 1 N–H and O–H groups in total. The number of alkyl halides is 3. The molecule has 1 heterocycles. The van der Waals surface area contributed by atoms with Crippen LogP contribution in [0.3, 0.4) is 0 Å². The normalized spacial score (nSPS) is 10.6. The van der Waals surface area contributed by atoms with E-state index in [1.165, 1.54) is 0 Å². The van der Waals surface area contributed by atoms with E-state index in [1.54, 1.807) is 0 Å². The lowest BCUT2D eigenvalue weighted by Gasteiger charge is -2.10. The molecular weight excluding hydrogens is 288 g/mol. The van der Waals surface area contributed by atoms with Crippen molar-refractivity contribution in [1.29, 1.82) is 0 Å². The summed E-state index contributed by atoms with van der Waals surface area (Å²) in [5, 5.41) is 0.0217. The lowest BCUT2D eigenvalue weighted by atomic mass is 10.1. The van der Waals surface area contributed by atoms with Crippen LogP contribution in [0.15, 0.2) is 10.9 Å². The van der Waals surface area contributed by atoms with Crippen molar-refractivity contribution in [3.05, 3.63) is 33.2 Å². The fourth-order valence-corrected chi connectivity index (χ4v) is 1.83. The van der Waals surface area contributed by atoms with Crippen molar-refractivity contribution in [3.8, 4) is 0 Å². The average molecular weight is 296 g/mol. The molecule has 1 rings (SSSR count). The number of hydrogen-bond donors (Lipinski definition) is 1. The number of carbonyl (C=O) groups is 1. The lowest BCUT2D eigenvalue weighted by molar-refractivity contribution is 0.0598. The molecule has 0 aliphatic rings. The number of aromatic amines is 1. The van der Waals surface area contributed by atoms with Crippen molar-refractivity contribution < 1.29 is 18.3 Å². The van der Waals surface area contributed by atoms with Gasteiger partial charge >= 0.3 is 5.97 Å². The Hall–Kier alpha value is -1.24. The molecule has 16 heavy (non-hydrogen) atoms. The molecule has 0 fully saturated rings. The van der Waals surface area contributed by atoms with Crippen LogP contribution in [0.4, 0.5) is 8.78 Å². The lowest BCUT2D eigenvalue weighted by Crippen LogP contribution is -2.17. The molecule has 1 aromatic rings. The minimum atomic E-state index is -2.86. The Morgan fingerprint density at radius 3 is 2.69 bits per heavy atom. The predicted octanol–water partition coefficient (Wildman–Crippen LogP) is 1.99. The third-order valence-electron chi connectivity index (χ3n) is 1.94. The molecule has 7 heteroatoms. The van der Waals surface area contributed by atoms with Gasteiger partial charge in [-0.3, -0.25) is 4.79 Å². The molecule has 88 valence electrons. The Labute approximate surface area is 97.7 Å². The van der Waals surface area contributed by atoms with Crippen molar-refractivity contribution in [1.82, 2.24) is 4.98 Å². The van der Waals surface area contributed by atoms with Crippen molar-refractivity contribution >= 4 is 21.9 Å². The molecule has 0 radical (unpaired) electrons. The topological polar surface area (TPSA) is 59.2 Å². The van der Waals surface area contributed by atoms with Gasteiger partial charge in [0.2, 0.25) is 5.56 Å². The van der Waals surface area contributed by atoms with Crippen LogP contribution in [0.1, 0.15) is 28.0 Å². The maximum Gasteiger partial charge on any atom is 0.338 e. The first-order valence-corrected chi connectivity index (χ1v) is 5.32. The molecule has 0 aliphatic heterocycles. The van der Waals surface area contributed by atoms with Crippen molar-refractivity contribution in [2.75, 3.05) is 7.11 Å².